The molecule has 0 bridgehead atoms. The highest BCUT2D eigenvalue weighted by molar-refractivity contribution is 6.31. The van der Waals surface area contributed by atoms with Gasteiger partial charge in [-0.05, 0) is 60.9 Å². The van der Waals surface area contributed by atoms with Gasteiger partial charge in [0.1, 0.15) is 0 Å². The van der Waals surface area contributed by atoms with E-state index in [0.717, 1.165) is 24.0 Å². The zero-order chi connectivity index (χ0) is 14.8. The quantitative estimate of drug-likeness (QED) is 0.699. The van der Waals surface area contributed by atoms with Crippen molar-refractivity contribution in [2.75, 3.05) is 0 Å². The Morgan fingerprint density at radius 3 is 2.90 bits per heavy atom. The van der Waals surface area contributed by atoms with Crippen LogP contribution in [0.5, 0.6) is 0 Å². The van der Waals surface area contributed by atoms with Crippen LogP contribution in [0, 0.1) is 6.92 Å². The summed E-state index contributed by atoms with van der Waals surface area (Å²) in [6, 6.07) is 14.1. The molecule has 2 aromatic carbocycles. The van der Waals surface area contributed by atoms with Gasteiger partial charge in [0.15, 0.2) is 5.78 Å². The molecule has 0 amide bonds. The fourth-order valence-corrected chi connectivity index (χ4v) is 3.47. The van der Waals surface area contributed by atoms with Gasteiger partial charge in [-0.3, -0.25) is 4.79 Å². The van der Waals surface area contributed by atoms with E-state index in [1.165, 1.54) is 17.5 Å². The number of hydrogen-bond donors (Lipinski definition) is 0. The van der Waals surface area contributed by atoms with Crippen molar-refractivity contribution >= 4 is 17.4 Å². The average Bonchev–Trinajstić information content (AvgIpc) is 2.50. The van der Waals surface area contributed by atoms with E-state index in [1.54, 1.807) is 6.07 Å². The number of ketones is 1. The molecule has 0 heterocycles. The zero-order valence-corrected chi connectivity index (χ0v) is 13.0. The van der Waals surface area contributed by atoms with E-state index < -0.39 is 0 Å². The SMILES string of the molecule is Cc1ccc(Cl)cc1C(=O)CC1CCCc2ccccc21. The monoisotopic (exact) mass is 298 g/mol. The Morgan fingerprint density at radius 2 is 2.05 bits per heavy atom. The average molecular weight is 299 g/mol. The molecule has 0 aromatic heterocycles. The first kappa shape index (κ1) is 14.3. The first-order valence-electron chi connectivity index (χ1n) is 7.52. The van der Waals surface area contributed by atoms with Crippen LogP contribution in [0.1, 0.15) is 52.2 Å². The summed E-state index contributed by atoms with van der Waals surface area (Å²) in [6.07, 6.45) is 3.99. The Hall–Kier alpha value is -1.60. The summed E-state index contributed by atoms with van der Waals surface area (Å²) in [5, 5.41) is 0.632. The second-order valence-electron chi connectivity index (χ2n) is 5.87. The van der Waals surface area contributed by atoms with Gasteiger partial charge in [-0.1, -0.05) is 41.9 Å². The van der Waals surface area contributed by atoms with Crippen molar-refractivity contribution in [1.29, 1.82) is 0 Å². The van der Waals surface area contributed by atoms with Gasteiger partial charge in [-0.25, -0.2) is 0 Å². The molecule has 3 rings (SSSR count). The largest absolute Gasteiger partial charge is 0.294 e. The molecule has 2 aromatic rings. The molecule has 0 saturated carbocycles. The number of Topliss-reactive ketones (excluding diaryl/α,β-unsaturated/α-hetero) is 1. The Labute approximate surface area is 131 Å². The van der Waals surface area contributed by atoms with Gasteiger partial charge in [0, 0.05) is 17.0 Å². The molecule has 0 fully saturated rings. The van der Waals surface area contributed by atoms with Gasteiger partial charge in [0.25, 0.3) is 0 Å². The minimum atomic E-state index is 0.205. The number of rotatable bonds is 3. The third-order valence-electron chi connectivity index (χ3n) is 4.43. The number of hydrogen-bond acceptors (Lipinski definition) is 1. The van der Waals surface area contributed by atoms with Gasteiger partial charge in [0.05, 0.1) is 0 Å². The molecule has 1 nitrogen and oxygen atoms in total. The predicted molar refractivity (Wildman–Crippen MR) is 87.3 cm³/mol. The van der Waals surface area contributed by atoms with Crippen molar-refractivity contribution in [3.8, 4) is 0 Å². The van der Waals surface area contributed by atoms with Crippen molar-refractivity contribution in [3.05, 3.63) is 69.7 Å². The van der Waals surface area contributed by atoms with Crippen LogP contribution in [-0.2, 0) is 6.42 Å². The fraction of sp³-hybridized carbons (Fsp3) is 0.316. The zero-order valence-electron chi connectivity index (χ0n) is 12.2. The summed E-state index contributed by atoms with van der Waals surface area (Å²) in [6.45, 7) is 1.97. The van der Waals surface area contributed by atoms with Crippen LogP contribution in [0.25, 0.3) is 0 Å². The summed E-state index contributed by atoms with van der Waals surface area (Å²) < 4.78 is 0. The van der Waals surface area contributed by atoms with E-state index in [4.69, 9.17) is 11.6 Å². The van der Waals surface area contributed by atoms with Gasteiger partial charge >= 0.3 is 0 Å². The highest BCUT2D eigenvalue weighted by Crippen LogP contribution is 2.35. The lowest BCUT2D eigenvalue weighted by atomic mass is 9.79. The maximum Gasteiger partial charge on any atom is 0.163 e. The number of aryl methyl sites for hydroxylation is 2. The molecule has 1 atom stereocenters. The Morgan fingerprint density at radius 1 is 1.24 bits per heavy atom. The summed E-state index contributed by atoms with van der Waals surface area (Å²) in [5.74, 6) is 0.553. The summed E-state index contributed by atoms with van der Waals surface area (Å²) in [7, 11) is 0. The van der Waals surface area contributed by atoms with Gasteiger partial charge < -0.3 is 0 Å². The molecule has 1 aliphatic carbocycles. The number of fused-ring (bicyclic) bond motifs is 1. The van der Waals surface area contributed by atoms with E-state index in [1.807, 2.05) is 19.1 Å². The maximum absolute atomic E-state index is 12.6. The molecule has 21 heavy (non-hydrogen) atoms. The molecule has 108 valence electrons. The Kier molecular flexibility index (Phi) is 4.12. The van der Waals surface area contributed by atoms with Crippen LogP contribution in [0.2, 0.25) is 5.02 Å². The standard InChI is InChI=1S/C19H19ClO/c1-13-9-10-16(20)12-18(13)19(21)11-15-7-4-6-14-5-2-3-8-17(14)15/h2-3,5,8-10,12,15H,4,6-7,11H2,1H3. The van der Waals surface area contributed by atoms with Crippen LogP contribution in [0.4, 0.5) is 0 Å². The van der Waals surface area contributed by atoms with E-state index in [0.29, 0.717) is 17.4 Å². The topological polar surface area (TPSA) is 17.1 Å². The van der Waals surface area contributed by atoms with Crippen LogP contribution >= 0.6 is 11.6 Å². The van der Waals surface area contributed by atoms with Crippen molar-refractivity contribution in [2.24, 2.45) is 0 Å². The third kappa shape index (κ3) is 3.03. The molecule has 1 aliphatic rings. The number of carbonyl (C=O) groups excluding carboxylic acids is 1. The summed E-state index contributed by atoms with van der Waals surface area (Å²) in [5.41, 5.74) is 4.54. The van der Waals surface area contributed by atoms with Gasteiger partial charge in [-0.2, -0.15) is 0 Å². The molecule has 0 saturated heterocycles. The number of benzene rings is 2. The minimum Gasteiger partial charge on any atom is -0.294 e. The summed E-state index contributed by atoms with van der Waals surface area (Å²) >= 11 is 6.03. The molecule has 0 radical (unpaired) electrons. The lowest BCUT2D eigenvalue weighted by Crippen LogP contribution is -2.14. The van der Waals surface area contributed by atoms with Crippen LogP contribution in [0.15, 0.2) is 42.5 Å². The highest BCUT2D eigenvalue weighted by Gasteiger charge is 2.23. The van der Waals surface area contributed by atoms with Crippen LogP contribution < -0.4 is 0 Å². The van der Waals surface area contributed by atoms with E-state index in [-0.39, 0.29) is 5.78 Å². The molecular formula is C19H19ClO. The molecular weight excluding hydrogens is 280 g/mol. The predicted octanol–water partition coefficient (Wildman–Crippen LogP) is 5.34. The molecule has 1 unspecified atom stereocenters. The Balaban J connectivity index is 1.84. The first-order chi connectivity index (χ1) is 10.1. The lowest BCUT2D eigenvalue weighted by molar-refractivity contribution is 0.0970. The lowest BCUT2D eigenvalue weighted by Gasteiger charge is -2.25. The minimum absolute atomic E-state index is 0.205. The fourth-order valence-electron chi connectivity index (χ4n) is 3.29. The number of carbonyl (C=O) groups is 1. The Bertz CT molecular complexity index is 675. The highest BCUT2D eigenvalue weighted by atomic mass is 35.5. The smallest absolute Gasteiger partial charge is 0.163 e. The van der Waals surface area contributed by atoms with Crippen LogP contribution in [-0.4, -0.2) is 5.78 Å². The molecule has 0 N–H and O–H groups in total. The third-order valence-corrected chi connectivity index (χ3v) is 4.66. The number of halogens is 1. The van der Waals surface area contributed by atoms with E-state index >= 15 is 0 Å². The van der Waals surface area contributed by atoms with Gasteiger partial charge in [0.2, 0.25) is 0 Å². The van der Waals surface area contributed by atoms with E-state index in [2.05, 4.69) is 24.3 Å². The maximum atomic E-state index is 12.6. The van der Waals surface area contributed by atoms with Gasteiger partial charge in [-0.15, -0.1) is 0 Å². The van der Waals surface area contributed by atoms with Crippen LogP contribution in [0.3, 0.4) is 0 Å². The normalized spacial score (nSPS) is 17.3. The van der Waals surface area contributed by atoms with Crippen molar-refractivity contribution in [2.45, 2.75) is 38.5 Å². The second kappa shape index (κ2) is 6.03. The van der Waals surface area contributed by atoms with Crippen molar-refractivity contribution in [3.63, 3.8) is 0 Å². The van der Waals surface area contributed by atoms with Crippen molar-refractivity contribution in [1.82, 2.24) is 0 Å². The molecule has 2 heteroatoms. The molecule has 0 spiro atoms. The molecule has 0 aliphatic heterocycles. The summed E-state index contributed by atoms with van der Waals surface area (Å²) in [4.78, 5) is 12.6. The first-order valence-corrected chi connectivity index (χ1v) is 7.90. The van der Waals surface area contributed by atoms with Crippen molar-refractivity contribution < 1.29 is 4.79 Å². The van der Waals surface area contributed by atoms with E-state index in [9.17, 15) is 4.79 Å². The second-order valence-corrected chi connectivity index (χ2v) is 6.31.